The lowest BCUT2D eigenvalue weighted by Gasteiger charge is -2.64. The molecule has 0 unspecified atom stereocenters. The van der Waals surface area contributed by atoms with Crippen LogP contribution in [0.25, 0.3) is 0 Å². The molecule has 4 rings (SSSR count). The van der Waals surface area contributed by atoms with E-state index >= 15 is 0 Å². The van der Waals surface area contributed by atoms with Gasteiger partial charge >= 0.3 is 5.97 Å². The number of carbonyl (C=O) groups is 1. The van der Waals surface area contributed by atoms with Crippen LogP contribution < -0.4 is 0 Å². The van der Waals surface area contributed by atoms with Crippen LogP contribution in [-0.4, -0.2) is 11.1 Å². The van der Waals surface area contributed by atoms with Gasteiger partial charge in [0.05, 0.1) is 5.92 Å². The predicted octanol–water partition coefficient (Wildman–Crippen LogP) is 5.12. The number of carboxylic acid groups (broad SMARTS) is 1. The Balaban J connectivity index is 1.70. The fourth-order valence-corrected chi connectivity index (χ4v) is 8.06. The Labute approximate surface area is 135 Å². The van der Waals surface area contributed by atoms with Crippen molar-refractivity contribution in [3.63, 3.8) is 0 Å². The summed E-state index contributed by atoms with van der Waals surface area (Å²) in [5, 5.41) is 9.63. The molecule has 4 aliphatic carbocycles. The number of rotatable bonds is 1. The van der Waals surface area contributed by atoms with E-state index in [1.54, 1.807) is 0 Å². The molecule has 124 valence electrons. The van der Waals surface area contributed by atoms with Crippen molar-refractivity contribution >= 4 is 5.97 Å². The zero-order valence-corrected chi connectivity index (χ0v) is 14.5. The van der Waals surface area contributed by atoms with Gasteiger partial charge in [-0.1, -0.05) is 27.2 Å². The van der Waals surface area contributed by atoms with E-state index in [9.17, 15) is 9.90 Å². The summed E-state index contributed by atoms with van der Waals surface area (Å²) in [7, 11) is 0. The highest BCUT2D eigenvalue weighted by molar-refractivity contribution is 5.71. The quantitative estimate of drug-likeness (QED) is 0.730. The number of hydrogen-bond acceptors (Lipinski definition) is 1. The van der Waals surface area contributed by atoms with Gasteiger partial charge in [-0.2, -0.15) is 0 Å². The fraction of sp³-hybridized carbons (Fsp3) is 0.950. The third kappa shape index (κ3) is 1.82. The molecular weight excluding hydrogens is 272 g/mol. The Morgan fingerprint density at radius 1 is 0.955 bits per heavy atom. The first-order valence-electron chi connectivity index (χ1n) is 9.51. The highest BCUT2D eigenvalue weighted by Crippen LogP contribution is 2.72. The minimum atomic E-state index is -0.515. The number of hydrogen-bond donors (Lipinski definition) is 1. The molecule has 1 N–H and O–H groups in total. The van der Waals surface area contributed by atoms with Crippen LogP contribution in [-0.2, 0) is 4.79 Å². The molecule has 4 aliphatic rings. The van der Waals surface area contributed by atoms with Crippen molar-refractivity contribution in [2.75, 3.05) is 0 Å². The van der Waals surface area contributed by atoms with Gasteiger partial charge in [-0.3, -0.25) is 4.79 Å². The predicted molar refractivity (Wildman–Crippen MR) is 87.5 cm³/mol. The van der Waals surface area contributed by atoms with Crippen molar-refractivity contribution in [1.82, 2.24) is 0 Å². The van der Waals surface area contributed by atoms with Gasteiger partial charge in [-0.15, -0.1) is 0 Å². The van der Waals surface area contributed by atoms with E-state index in [0.717, 1.165) is 18.3 Å². The molecule has 2 nitrogen and oxygen atoms in total. The van der Waals surface area contributed by atoms with Crippen molar-refractivity contribution in [3.8, 4) is 0 Å². The summed E-state index contributed by atoms with van der Waals surface area (Å²) in [5.41, 5.74) is 1.33. The van der Waals surface area contributed by atoms with Crippen LogP contribution in [0.1, 0.15) is 78.6 Å². The topological polar surface area (TPSA) is 37.3 Å². The lowest BCUT2D eigenvalue weighted by Crippen LogP contribution is -2.55. The molecule has 2 bridgehead atoms. The van der Waals surface area contributed by atoms with Crippen LogP contribution in [0, 0.1) is 39.9 Å². The van der Waals surface area contributed by atoms with E-state index < -0.39 is 5.97 Å². The molecule has 4 saturated carbocycles. The van der Waals surface area contributed by atoms with Crippen LogP contribution in [0.4, 0.5) is 0 Å². The second-order valence-electron chi connectivity index (χ2n) is 10.0. The lowest BCUT2D eigenvalue weighted by molar-refractivity contribution is -0.146. The largest absolute Gasteiger partial charge is 0.481 e. The maximum atomic E-state index is 11.7. The first kappa shape index (κ1) is 15.0. The summed E-state index contributed by atoms with van der Waals surface area (Å²) >= 11 is 0. The Kier molecular flexibility index (Phi) is 3.08. The summed E-state index contributed by atoms with van der Waals surface area (Å²) in [6.45, 7) is 7.57. The van der Waals surface area contributed by atoms with Gasteiger partial charge in [0, 0.05) is 0 Å². The smallest absolute Gasteiger partial charge is 0.306 e. The summed E-state index contributed by atoms with van der Waals surface area (Å²) in [6.07, 6.45) is 11.5. The van der Waals surface area contributed by atoms with Crippen molar-refractivity contribution < 1.29 is 9.90 Å². The molecule has 0 aromatic rings. The Morgan fingerprint density at radius 2 is 1.73 bits per heavy atom. The molecule has 0 amide bonds. The molecular formula is C20H32O2. The maximum absolute atomic E-state index is 11.7. The molecule has 6 atom stereocenters. The minimum Gasteiger partial charge on any atom is -0.481 e. The van der Waals surface area contributed by atoms with Crippen LogP contribution in [0.15, 0.2) is 0 Å². The van der Waals surface area contributed by atoms with Gasteiger partial charge < -0.3 is 5.11 Å². The molecule has 0 radical (unpaired) electrons. The maximum Gasteiger partial charge on any atom is 0.306 e. The molecule has 0 saturated heterocycles. The molecule has 2 heteroatoms. The fourth-order valence-electron chi connectivity index (χ4n) is 8.06. The highest BCUT2D eigenvalue weighted by Gasteiger charge is 2.64. The Hall–Kier alpha value is -0.530. The summed E-state index contributed by atoms with van der Waals surface area (Å²) in [4.78, 5) is 11.7. The normalized spacial score (nSPS) is 52.7. The number of aliphatic carboxylic acids is 1. The van der Waals surface area contributed by atoms with Crippen molar-refractivity contribution in [3.05, 3.63) is 0 Å². The summed E-state index contributed by atoms with van der Waals surface area (Å²) in [5.74, 6) is 1.56. The number of carboxylic acids is 1. The molecule has 0 aliphatic heterocycles. The second-order valence-corrected chi connectivity index (χ2v) is 10.0. The van der Waals surface area contributed by atoms with E-state index in [1.165, 1.54) is 51.4 Å². The van der Waals surface area contributed by atoms with E-state index in [0.29, 0.717) is 22.2 Å². The van der Waals surface area contributed by atoms with Gasteiger partial charge in [0.25, 0.3) is 0 Å². The second kappa shape index (κ2) is 4.51. The average Bonchev–Trinajstić information content (AvgIpc) is 2.69. The van der Waals surface area contributed by atoms with Crippen LogP contribution in [0.5, 0.6) is 0 Å². The molecule has 0 heterocycles. The van der Waals surface area contributed by atoms with Crippen LogP contribution in [0.2, 0.25) is 0 Å². The van der Waals surface area contributed by atoms with Gasteiger partial charge in [-0.25, -0.2) is 0 Å². The Morgan fingerprint density at radius 3 is 2.45 bits per heavy atom. The SMILES string of the molecule is CC1(C)CCC[C@]2(C)[C@@H]1CC[C@@]13C[C@@H](CC[C@H]12)[C@H](C(=O)O)C3. The van der Waals surface area contributed by atoms with E-state index in [-0.39, 0.29) is 5.92 Å². The summed E-state index contributed by atoms with van der Waals surface area (Å²) < 4.78 is 0. The molecule has 22 heavy (non-hydrogen) atoms. The van der Waals surface area contributed by atoms with Crippen molar-refractivity contribution in [2.45, 2.75) is 78.6 Å². The molecule has 0 aromatic carbocycles. The average molecular weight is 304 g/mol. The first-order chi connectivity index (χ1) is 10.3. The standard InChI is InChI=1S/C20H32O2/c1-18(2)8-4-9-19(3)15(18)7-10-20-11-13(5-6-16(19)20)14(12-20)17(21)22/h13-16H,4-12H2,1-3H3,(H,21,22)/t13-,14-,15-,16+,19-,20+/m1/s1. The first-order valence-corrected chi connectivity index (χ1v) is 9.51. The number of fused-ring (bicyclic) bond motifs is 3. The molecule has 0 aromatic heterocycles. The van der Waals surface area contributed by atoms with E-state index in [2.05, 4.69) is 20.8 Å². The third-order valence-electron chi connectivity index (χ3n) is 8.75. The van der Waals surface area contributed by atoms with Gasteiger partial charge in [0.2, 0.25) is 0 Å². The monoisotopic (exact) mass is 304 g/mol. The van der Waals surface area contributed by atoms with Crippen LogP contribution >= 0.6 is 0 Å². The highest BCUT2D eigenvalue weighted by atomic mass is 16.4. The molecule has 1 spiro atoms. The lowest BCUT2D eigenvalue weighted by atomic mass is 9.41. The van der Waals surface area contributed by atoms with Gasteiger partial charge in [0.1, 0.15) is 0 Å². The van der Waals surface area contributed by atoms with E-state index in [1.807, 2.05) is 0 Å². The van der Waals surface area contributed by atoms with Gasteiger partial charge in [-0.05, 0) is 85.4 Å². The summed E-state index contributed by atoms with van der Waals surface area (Å²) in [6, 6.07) is 0. The van der Waals surface area contributed by atoms with Crippen LogP contribution in [0.3, 0.4) is 0 Å². The zero-order valence-electron chi connectivity index (χ0n) is 14.5. The minimum absolute atomic E-state index is 0.0400. The van der Waals surface area contributed by atoms with Gasteiger partial charge in [0.15, 0.2) is 0 Å². The Bertz CT molecular complexity index is 496. The third-order valence-corrected chi connectivity index (χ3v) is 8.75. The van der Waals surface area contributed by atoms with Crippen molar-refractivity contribution in [1.29, 1.82) is 0 Å². The van der Waals surface area contributed by atoms with Crippen molar-refractivity contribution in [2.24, 2.45) is 39.9 Å². The van der Waals surface area contributed by atoms with E-state index in [4.69, 9.17) is 0 Å². The zero-order chi connectivity index (χ0) is 15.8. The molecule has 4 fully saturated rings.